The van der Waals surface area contributed by atoms with E-state index in [4.69, 9.17) is 10.8 Å². The highest BCUT2D eigenvalue weighted by Crippen LogP contribution is 2.34. The second-order valence-electron chi connectivity index (χ2n) is 4.21. The van der Waals surface area contributed by atoms with Crippen molar-refractivity contribution in [3.05, 3.63) is 0 Å². The number of nitrogens with one attached hydrogen (secondary N) is 1. The van der Waals surface area contributed by atoms with Gasteiger partial charge in [0, 0.05) is 0 Å². The fraction of sp³-hybridized carbons (Fsp3) is 0.800. The number of carboxylic acids is 1. The Morgan fingerprint density at radius 2 is 2.13 bits per heavy atom. The zero-order chi connectivity index (χ0) is 11.5. The van der Waals surface area contributed by atoms with Crippen molar-refractivity contribution in [3.63, 3.8) is 0 Å². The minimum Gasteiger partial charge on any atom is -0.481 e. The Hall–Kier alpha value is -1.10. The lowest BCUT2D eigenvalue weighted by molar-refractivity contribution is -0.140. The largest absolute Gasteiger partial charge is 0.481 e. The van der Waals surface area contributed by atoms with E-state index in [9.17, 15) is 9.59 Å². The van der Waals surface area contributed by atoms with Gasteiger partial charge in [0.2, 0.25) is 5.91 Å². The van der Waals surface area contributed by atoms with Crippen molar-refractivity contribution >= 4 is 11.9 Å². The molecule has 4 N–H and O–H groups in total. The summed E-state index contributed by atoms with van der Waals surface area (Å²) in [6.07, 6.45) is 3.00. The van der Waals surface area contributed by atoms with Crippen LogP contribution in [0.15, 0.2) is 0 Å². The van der Waals surface area contributed by atoms with Gasteiger partial charge in [-0.25, -0.2) is 0 Å². The molecule has 0 spiro atoms. The number of nitrogens with two attached hydrogens (primary N) is 1. The maximum Gasteiger partial charge on any atom is 0.305 e. The van der Waals surface area contributed by atoms with Crippen LogP contribution in [0.4, 0.5) is 0 Å². The zero-order valence-corrected chi connectivity index (χ0v) is 8.95. The molecule has 5 heteroatoms. The predicted octanol–water partition coefficient (Wildman–Crippen LogP) is 0.237. The van der Waals surface area contributed by atoms with Gasteiger partial charge in [0.1, 0.15) is 0 Å². The third kappa shape index (κ3) is 2.92. The van der Waals surface area contributed by atoms with E-state index in [1.54, 1.807) is 0 Å². The summed E-state index contributed by atoms with van der Waals surface area (Å²) in [5, 5.41) is 11.5. The summed E-state index contributed by atoms with van der Waals surface area (Å²) in [5.41, 5.74) is 5.04. The van der Waals surface area contributed by atoms with Gasteiger partial charge < -0.3 is 16.2 Å². The second kappa shape index (κ2) is 4.61. The van der Waals surface area contributed by atoms with E-state index in [1.807, 2.05) is 6.92 Å². The molecule has 1 rings (SSSR count). The molecule has 1 amide bonds. The molecule has 0 saturated heterocycles. The van der Waals surface area contributed by atoms with Crippen LogP contribution in [0.3, 0.4) is 0 Å². The molecule has 1 saturated carbocycles. The van der Waals surface area contributed by atoms with Crippen LogP contribution in [-0.4, -0.2) is 28.6 Å². The highest BCUT2D eigenvalue weighted by molar-refractivity contribution is 5.83. The van der Waals surface area contributed by atoms with Crippen molar-refractivity contribution in [2.75, 3.05) is 0 Å². The maximum absolute atomic E-state index is 11.5. The molecule has 86 valence electrons. The number of rotatable bonds is 5. The number of hydrogen-bond donors (Lipinski definition) is 3. The molecular formula is C10H18N2O3. The van der Waals surface area contributed by atoms with Crippen molar-refractivity contribution in [2.24, 2.45) is 5.73 Å². The molecule has 0 aromatic heterocycles. The summed E-state index contributed by atoms with van der Waals surface area (Å²) in [6.45, 7) is 1.83. The first-order valence-corrected chi connectivity index (χ1v) is 5.28. The standard InChI is InChI=1S/C10H18N2O3/c1-2-7(11)9(15)12-10(4-3-5-10)6-8(13)14/h7H,2-6,11H2,1H3,(H,12,15)(H,13,14). The van der Waals surface area contributed by atoms with Crippen LogP contribution < -0.4 is 11.1 Å². The summed E-state index contributed by atoms with van der Waals surface area (Å²) in [4.78, 5) is 22.2. The molecule has 1 fully saturated rings. The Kier molecular flexibility index (Phi) is 3.68. The van der Waals surface area contributed by atoms with Gasteiger partial charge in [-0.15, -0.1) is 0 Å². The van der Waals surface area contributed by atoms with E-state index >= 15 is 0 Å². The van der Waals surface area contributed by atoms with Crippen molar-refractivity contribution in [2.45, 2.75) is 50.6 Å². The molecule has 0 aromatic carbocycles. The molecule has 5 nitrogen and oxygen atoms in total. The first-order valence-electron chi connectivity index (χ1n) is 5.28. The molecule has 1 atom stereocenters. The highest BCUT2D eigenvalue weighted by Gasteiger charge is 2.40. The van der Waals surface area contributed by atoms with Gasteiger partial charge >= 0.3 is 5.97 Å². The Morgan fingerprint density at radius 1 is 1.53 bits per heavy atom. The minimum absolute atomic E-state index is 0.00479. The lowest BCUT2D eigenvalue weighted by atomic mass is 9.74. The van der Waals surface area contributed by atoms with Crippen molar-refractivity contribution in [1.29, 1.82) is 0 Å². The quantitative estimate of drug-likeness (QED) is 0.611. The molecule has 15 heavy (non-hydrogen) atoms. The van der Waals surface area contributed by atoms with Gasteiger partial charge in [-0.2, -0.15) is 0 Å². The topological polar surface area (TPSA) is 92.4 Å². The fourth-order valence-corrected chi connectivity index (χ4v) is 1.78. The Morgan fingerprint density at radius 3 is 2.47 bits per heavy atom. The first kappa shape index (κ1) is 12.0. The minimum atomic E-state index is -0.875. The SMILES string of the molecule is CCC(N)C(=O)NC1(CC(=O)O)CCC1. The van der Waals surface area contributed by atoms with E-state index in [2.05, 4.69) is 5.32 Å². The summed E-state index contributed by atoms with van der Waals surface area (Å²) in [5.74, 6) is -1.11. The van der Waals surface area contributed by atoms with Crippen LogP contribution in [0.2, 0.25) is 0 Å². The van der Waals surface area contributed by atoms with Crippen LogP contribution >= 0.6 is 0 Å². The number of carboxylic acid groups (broad SMARTS) is 1. The molecule has 1 aliphatic rings. The van der Waals surface area contributed by atoms with E-state index in [1.165, 1.54) is 0 Å². The van der Waals surface area contributed by atoms with E-state index < -0.39 is 17.6 Å². The molecule has 0 heterocycles. The number of aliphatic carboxylic acids is 1. The van der Waals surface area contributed by atoms with Gasteiger partial charge in [-0.1, -0.05) is 6.92 Å². The number of carbonyl (C=O) groups is 2. The average Bonchev–Trinajstić information content (AvgIpc) is 2.12. The van der Waals surface area contributed by atoms with Crippen molar-refractivity contribution in [3.8, 4) is 0 Å². The molecule has 1 unspecified atom stereocenters. The number of hydrogen-bond acceptors (Lipinski definition) is 3. The van der Waals surface area contributed by atoms with E-state index in [0.29, 0.717) is 6.42 Å². The van der Waals surface area contributed by atoms with Crippen LogP contribution in [0.25, 0.3) is 0 Å². The monoisotopic (exact) mass is 214 g/mol. The Labute approximate surface area is 89.0 Å². The van der Waals surface area contributed by atoms with Gasteiger partial charge in [0.15, 0.2) is 0 Å². The van der Waals surface area contributed by atoms with Crippen LogP contribution in [0, 0.1) is 0 Å². The Balaban J connectivity index is 2.53. The smallest absolute Gasteiger partial charge is 0.305 e. The van der Waals surface area contributed by atoms with Crippen molar-refractivity contribution in [1.82, 2.24) is 5.32 Å². The van der Waals surface area contributed by atoms with Gasteiger partial charge in [-0.05, 0) is 25.7 Å². The first-order chi connectivity index (χ1) is 6.99. The van der Waals surface area contributed by atoms with Crippen LogP contribution in [0.5, 0.6) is 0 Å². The summed E-state index contributed by atoms with van der Waals surface area (Å²) < 4.78 is 0. The summed E-state index contributed by atoms with van der Waals surface area (Å²) in [7, 11) is 0. The van der Waals surface area contributed by atoms with Gasteiger partial charge in [0.25, 0.3) is 0 Å². The molecule has 0 bridgehead atoms. The second-order valence-corrected chi connectivity index (χ2v) is 4.21. The maximum atomic E-state index is 11.5. The fourth-order valence-electron chi connectivity index (χ4n) is 1.78. The van der Waals surface area contributed by atoms with Crippen LogP contribution in [-0.2, 0) is 9.59 Å². The lowest BCUT2D eigenvalue weighted by Crippen LogP contribution is -2.58. The van der Waals surface area contributed by atoms with Gasteiger partial charge in [0.05, 0.1) is 18.0 Å². The third-order valence-corrected chi connectivity index (χ3v) is 2.97. The van der Waals surface area contributed by atoms with Gasteiger partial charge in [-0.3, -0.25) is 9.59 Å². The summed E-state index contributed by atoms with van der Waals surface area (Å²) in [6, 6.07) is -0.531. The molecular weight excluding hydrogens is 196 g/mol. The predicted molar refractivity (Wildman–Crippen MR) is 55.2 cm³/mol. The zero-order valence-electron chi connectivity index (χ0n) is 8.95. The van der Waals surface area contributed by atoms with Crippen molar-refractivity contribution < 1.29 is 14.7 Å². The Bertz CT molecular complexity index is 261. The lowest BCUT2D eigenvalue weighted by Gasteiger charge is -2.42. The average molecular weight is 214 g/mol. The number of amides is 1. The van der Waals surface area contributed by atoms with Crippen LogP contribution in [0.1, 0.15) is 39.0 Å². The molecule has 0 aromatic rings. The van der Waals surface area contributed by atoms with E-state index in [0.717, 1.165) is 19.3 Å². The molecule has 0 aliphatic heterocycles. The number of carbonyl (C=O) groups excluding carboxylic acids is 1. The third-order valence-electron chi connectivity index (χ3n) is 2.97. The molecule has 1 aliphatic carbocycles. The highest BCUT2D eigenvalue weighted by atomic mass is 16.4. The normalized spacial score (nSPS) is 20.1. The molecule has 0 radical (unpaired) electrons. The summed E-state index contributed by atoms with van der Waals surface area (Å²) >= 11 is 0. The van der Waals surface area contributed by atoms with E-state index in [-0.39, 0.29) is 12.3 Å².